The molecule has 1 atom stereocenters. The molecule has 0 aliphatic carbocycles. The van der Waals surface area contributed by atoms with Gasteiger partial charge in [-0.1, -0.05) is 12.1 Å². The molecular weight excluding hydrogens is 474 g/mol. The Morgan fingerprint density at radius 3 is 2.19 bits per heavy atom. The summed E-state index contributed by atoms with van der Waals surface area (Å²) in [4.78, 5) is 0. The number of hydrogen-bond donors (Lipinski definition) is 4. The lowest BCUT2D eigenvalue weighted by Gasteiger charge is -2.31. The van der Waals surface area contributed by atoms with Gasteiger partial charge in [0.2, 0.25) is 0 Å². The van der Waals surface area contributed by atoms with Gasteiger partial charge in [-0.25, -0.2) is 0 Å². The first-order chi connectivity index (χ1) is 18.0. The zero-order valence-electron chi connectivity index (χ0n) is 19.8. The van der Waals surface area contributed by atoms with Gasteiger partial charge in [-0.3, -0.25) is 4.57 Å². The van der Waals surface area contributed by atoms with E-state index in [9.17, 15) is 20.4 Å². The van der Waals surface area contributed by atoms with Crippen molar-refractivity contribution in [2.24, 2.45) is 0 Å². The number of benzene rings is 3. The van der Waals surface area contributed by atoms with Crippen LogP contribution in [0.4, 0.5) is 0 Å². The number of nitrogens with zero attached hydrogens (tertiary/aromatic N) is 1. The maximum absolute atomic E-state index is 10.1. The highest BCUT2D eigenvalue weighted by Crippen LogP contribution is 2.52. The Bertz CT molecular complexity index is 1480. The van der Waals surface area contributed by atoms with Crippen LogP contribution in [0.3, 0.4) is 0 Å². The molecule has 0 amide bonds. The van der Waals surface area contributed by atoms with E-state index < -0.39 is 6.10 Å². The minimum atomic E-state index is -0.475. The summed E-state index contributed by atoms with van der Waals surface area (Å²) in [6.45, 7) is 0.991. The predicted octanol–water partition coefficient (Wildman–Crippen LogP) is 5.22. The monoisotopic (exact) mass is 499 g/mol. The largest absolute Gasteiger partial charge is 0.508 e. The minimum Gasteiger partial charge on any atom is -0.508 e. The molecule has 0 saturated heterocycles. The highest BCUT2D eigenvalue weighted by molar-refractivity contribution is 5.98. The molecule has 8 nitrogen and oxygen atoms in total. The highest BCUT2D eigenvalue weighted by Gasteiger charge is 2.34. The number of rotatable bonds is 5. The van der Waals surface area contributed by atoms with E-state index >= 15 is 0 Å². The van der Waals surface area contributed by atoms with E-state index in [1.54, 1.807) is 24.3 Å². The number of aromatic hydroxyl groups is 4. The Kier molecular flexibility index (Phi) is 5.56. The van der Waals surface area contributed by atoms with Crippen LogP contribution < -0.4 is 14.2 Å². The Labute approximate surface area is 212 Å². The molecule has 3 aromatic carbocycles. The van der Waals surface area contributed by atoms with Crippen molar-refractivity contribution in [3.8, 4) is 40.5 Å². The lowest BCUT2D eigenvalue weighted by Crippen LogP contribution is -2.17. The molecule has 6 rings (SSSR count). The number of aromatic nitrogens is 1. The number of phenolic OH excluding ortho intramolecular Hbond substituents is 2. The van der Waals surface area contributed by atoms with Gasteiger partial charge in [0.25, 0.3) is 0 Å². The summed E-state index contributed by atoms with van der Waals surface area (Å²) < 4.78 is 19.6. The molecule has 0 spiro atoms. The van der Waals surface area contributed by atoms with Crippen molar-refractivity contribution in [1.82, 2.24) is 4.57 Å². The second-order valence-corrected chi connectivity index (χ2v) is 8.97. The first-order valence-electron chi connectivity index (χ1n) is 12.0. The van der Waals surface area contributed by atoms with E-state index in [1.807, 2.05) is 36.4 Å². The average Bonchev–Trinajstić information content (AvgIpc) is 3.09. The normalized spacial score (nSPS) is 16.1. The van der Waals surface area contributed by atoms with Gasteiger partial charge in [0, 0.05) is 47.4 Å². The van der Waals surface area contributed by atoms with Gasteiger partial charge >= 0.3 is 0 Å². The molecule has 0 fully saturated rings. The summed E-state index contributed by atoms with van der Waals surface area (Å²) in [5, 5.41) is 39.7. The van der Waals surface area contributed by atoms with E-state index in [-0.39, 0.29) is 36.4 Å². The lowest BCUT2D eigenvalue weighted by atomic mass is 9.84. The van der Waals surface area contributed by atoms with Gasteiger partial charge < -0.3 is 34.6 Å². The predicted molar refractivity (Wildman–Crippen MR) is 136 cm³/mol. The molecule has 37 heavy (non-hydrogen) atoms. The summed E-state index contributed by atoms with van der Waals surface area (Å²) in [5.41, 5.74) is 4.67. The third-order valence-corrected chi connectivity index (χ3v) is 6.69. The summed E-state index contributed by atoms with van der Waals surface area (Å²) in [7, 11) is 0. The topological polar surface area (TPSA) is 114 Å². The van der Waals surface area contributed by atoms with Crippen molar-refractivity contribution in [2.75, 3.05) is 13.2 Å². The Balaban J connectivity index is 1.33. The molecule has 0 saturated carbocycles. The molecule has 0 radical (unpaired) electrons. The van der Waals surface area contributed by atoms with Crippen LogP contribution in [-0.2, 0) is 6.54 Å². The van der Waals surface area contributed by atoms with Crippen LogP contribution in [0.2, 0.25) is 0 Å². The van der Waals surface area contributed by atoms with Gasteiger partial charge in [0.1, 0.15) is 41.5 Å². The quantitative estimate of drug-likeness (QED) is 0.298. The first-order valence-corrected chi connectivity index (χ1v) is 12.0. The fourth-order valence-corrected chi connectivity index (χ4v) is 4.94. The van der Waals surface area contributed by atoms with E-state index in [2.05, 4.69) is 0 Å². The summed E-state index contributed by atoms with van der Waals surface area (Å²) in [5.74, 6) is 2.02. The van der Waals surface area contributed by atoms with Crippen LogP contribution in [0.15, 0.2) is 72.8 Å². The fraction of sp³-hybridized carbons (Fsp3) is 0.172. The number of fused-ring (bicyclic) bond motifs is 4. The Morgan fingerprint density at radius 1 is 0.784 bits per heavy atom. The zero-order valence-corrected chi connectivity index (χ0v) is 19.8. The maximum Gasteiger partial charge on any atom is 0.193 e. The fourth-order valence-electron chi connectivity index (χ4n) is 4.94. The molecule has 2 aliphatic heterocycles. The van der Waals surface area contributed by atoms with E-state index in [4.69, 9.17) is 14.2 Å². The molecule has 4 N–H and O–H groups in total. The Hall–Kier alpha value is -4.72. The zero-order chi connectivity index (χ0) is 25.5. The molecule has 4 aromatic rings. The van der Waals surface area contributed by atoms with Crippen LogP contribution in [0.1, 0.15) is 29.2 Å². The average molecular weight is 500 g/mol. The SMILES string of the molecule is Oc1ccc2c(c1)O[C@@H](c1ccc(OCCn3c(O)ccc3O)cc1)C1=C2CCOc2cc(O)ccc21. The number of hydrogen-bond acceptors (Lipinski definition) is 7. The third kappa shape index (κ3) is 4.16. The highest BCUT2D eigenvalue weighted by atomic mass is 16.5. The summed E-state index contributed by atoms with van der Waals surface area (Å²) in [6.07, 6.45) is 0.167. The van der Waals surface area contributed by atoms with Crippen LogP contribution in [0, 0.1) is 0 Å². The molecular formula is C29H25NO7. The summed E-state index contributed by atoms with van der Waals surface area (Å²) >= 11 is 0. The Morgan fingerprint density at radius 2 is 1.46 bits per heavy atom. The molecule has 0 bridgehead atoms. The van der Waals surface area contributed by atoms with E-state index in [0.717, 1.165) is 27.8 Å². The molecule has 3 heterocycles. The number of ether oxygens (including phenoxy) is 3. The van der Waals surface area contributed by atoms with E-state index in [0.29, 0.717) is 30.3 Å². The number of phenols is 2. The van der Waals surface area contributed by atoms with Crippen molar-refractivity contribution in [3.05, 3.63) is 89.5 Å². The van der Waals surface area contributed by atoms with Gasteiger partial charge in [-0.2, -0.15) is 0 Å². The second-order valence-electron chi connectivity index (χ2n) is 8.97. The van der Waals surface area contributed by atoms with Crippen LogP contribution >= 0.6 is 0 Å². The molecule has 2 aliphatic rings. The first kappa shape index (κ1) is 22.7. The van der Waals surface area contributed by atoms with Crippen molar-refractivity contribution in [2.45, 2.75) is 19.1 Å². The molecule has 188 valence electrons. The molecule has 0 unspecified atom stereocenters. The smallest absolute Gasteiger partial charge is 0.193 e. The van der Waals surface area contributed by atoms with Crippen molar-refractivity contribution in [3.63, 3.8) is 0 Å². The van der Waals surface area contributed by atoms with Gasteiger partial charge in [0.05, 0.1) is 13.2 Å². The van der Waals surface area contributed by atoms with Gasteiger partial charge in [-0.15, -0.1) is 0 Å². The van der Waals surface area contributed by atoms with Crippen LogP contribution in [0.25, 0.3) is 11.1 Å². The third-order valence-electron chi connectivity index (χ3n) is 6.69. The van der Waals surface area contributed by atoms with Crippen LogP contribution in [-0.4, -0.2) is 38.2 Å². The van der Waals surface area contributed by atoms with Crippen LogP contribution in [0.5, 0.6) is 40.5 Å². The lowest BCUT2D eigenvalue weighted by molar-refractivity contribution is 0.257. The van der Waals surface area contributed by atoms with Gasteiger partial charge in [-0.05, 0) is 47.5 Å². The van der Waals surface area contributed by atoms with Gasteiger partial charge in [0.15, 0.2) is 11.8 Å². The molecule has 1 aromatic heterocycles. The second kappa shape index (κ2) is 9.05. The standard InChI is InChI=1S/C29H25NO7/c31-18-4-8-23-24(15-18)36-13-11-22-21-7-3-19(32)16-25(21)37-29(28(22)23)17-1-5-20(6-2-17)35-14-12-30-26(33)9-10-27(30)34/h1-10,15-16,29,31-34H,11-14H2/t29-/m0/s1. The van der Waals surface area contributed by atoms with Crippen molar-refractivity contribution >= 4 is 11.1 Å². The minimum absolute atomic E-state index is 0.0257. The van der Waals surface area contributed by atoms with E-state index in [1.165, 1.54) is 16.7 Å². The summed E-state index contributed by atoms with van der Waals surface area (Å²) in [6, 6.07) is 20.6. The molecule has 8 heteroatoms. The van der Waals surface area contributed by atoms with Crippen molar-refractivity contribution in [1.29, 1.82) is 0 Å². The maximum atomic E-state index is 10.1. The van der Waals surface area contributed by atoms with Crippen molar-refractivity contribution < 1.29 is 34.6 Å².